The van der Waals surface area contributed by atoms with Gasteiger partial charge in [0, 0.05) is 25.4 Å². The molecule has 4 heteroatoms. The number of amidine groups is 1. The quantitative estimate of drug-likeness (QED) is 0.645. The Hall–Kier alpha value is -0.900. The van der Waals surface area contributed by atoms with Crippen LogP contribution in [0.3, 0.4) is 0 Å². The second-order valence-electron chi connectivity index (χ2n) is 3.40. The van der Waals surface area contributed by atoms with Crippen LogP contribution in [0.15, 0.2) is 4.99 Å². The van der Waals surface area contributed by atoms with Crippen LogP contribution in [-0.2, 0) is 4.79 Å². The van der Waals surface area contributed by atoms with Crippen molar-refractivity contribution in [2.45, 2.75) is 26.2 Å². The van der Waals surface area contributed by atoms with E-state index >= 15 is 0 Å². The highest BCUT2D eigenvalue weighted by Gasteiger charge is 2.15. The third-order valence-corrected chi connectivity index (χ3v) is 2.18. The molecule has 0 saturated carbocycles. The Morgan fingerprint density at radius 2 is 2.54 bits per heavy atom. The summed E-state index contributed by atoms with van der Waals surface area (Å²) in [5, 5.41) is 2.80. The van der Waals surface area contributed by atoms with Gasteiger partial charge >= 0.3 is 0 Å². The van der Waals surface area contributed by atoms with Crippen LogP contribution < -0.4 is 11.1 Å². The number of hydrogen-bond acceptors (Lipinski definition) is 3. The predicted molar refractivity (Wildman–Crippen MR) is 52.5 cm³/mol. The minimum atomic E-state index is -0.0185. The largest absolute Gasteiger partial charge is 0.330 e. The van der Waals surface area contributed by atoms with Gasteiger partial charge in [0.2, 0.25) is 5.91 Å². The van der Waals surface area contributed by atoms with Crippen molar-refractivity contribution < 1.29 is 4.79 Å². The van der Waals surface area contributed by atoms with Crippen LogP contribution in [0.2, 0.25) is 0 Å². The summed E-state index contributed by atoms with van der Waals surface area (Å²) in [5.74, 6) is 1.20. The van der Waals surface area contributed by atoms with Crippen LogP contribution in [0.1, 0.15) is 26.2 Å². The summed E-state index contributed by atoms with van der Waals surface area (Å²) in [4.78, 5) is 15.5. The van der Waals surface area contributed by atoms with Crippen LogP contribution in [-0.4, -0.2) is 24.8 Å². The van der Waals surface area contributed by atoms with E-state index in [2.05, 4.69) is 17.2 Å². The summed E-state index contributed by atoms with van der Waals surface area (Å²) in [6, 6.07) is 0. The van der Waals surface area contributed by atoms with Crippen molar-refractivity contribution in [3.8, 4) is 0 Å². The summed E-state index contributed by atoms with van der Waals surface area (Å²) < 4.78 is 0. The molecule has 1 atom stereocenters. The van der Waals surface area contributed by atoms with Gasteiger partial charge in [-0.2, -0.15) is 0 Å². The lowest BCUT2D eigenvalue weighted by atomic mass is 10.0. The van der Waals surface area contributed by atoms with Crippen LogP contribution in [0.5, 0.6) is 0 Å². The second kappa shape index (κ2) is 4.97. The van der Waals surface area contributed by atoms with Gasteiger partial charge in [0.05, 0.1) is 0 Å². The molecular weight excluding hydrogens is 166 g/mol. The number of carbonyl (C=O) groups is 1. The van der Waals surface area contributed by atoms with Gasteiger partial charge in [0.1, 0.15) is 5.84 Å². The predicted octanol–water partition coefficient (Wildman–Crippen LogP) is 0.280. The SMILES string of the molecule is CC1CCCN=C1NC(=O)CCN. The molecule has 3 N–H and O–H groups in total. The van der Waals surface area contributed by atoms with Crippen molar-refractivity contribution in [2.75, 3.05) is 13.1 Å². The Kier molecular flexibility index (Phi) is 3.89. The van der Waals surface area contributed by atoms with Crippen LogP contribution in [0.4, 0.5) is 0 Å². The fourth-order valence-electron chi connectivity index (χ4n) is 1.39. The lowest BCUT2D eigenvalue weighted by molar-refractivity contribution is -0.119. The van der Waals surface area contributed by atoms with Gasteiger partial charge in [0.25, 0.3) is 0 Å². The molecule has 74 valence electrons. The number of amides is 1. The molecule has 0 aromatic rings. The number of hydrogen-bond donors (Lipinski definition) is 2. The fraction of sp³-hybridized carbons (Fsp3) is 0.778. The standard InChI is InChI=1S/C9H17N3O/c1-7-3-2-6-11-9(7)12-8(13)4-5-10/h7H,2-6,10H2,1H3,(H,11,12,13). The first kappa shape index (κ1) is 10.2. The maximum atomic E-state index is 11.2. The van der Waals surface area contributed by atoms with E-state index in [1.807, 2.05) is 0 Å². The number of carbonyl (C=O) groups excluding carboxylic acids is 1. The molecule has 1 unspecified atom stereocenters. The first-order chi connectivity index (χ1) is 6.24. The molecule has 0 saturated heterocycles. The Bertz CT molecular complexity index is 213. The van der Waals surface area contributed by atoms with Crippen LogP contribution >= 0.6 is 0 Å². The van der Waals surface area contributed by atoms with E-state index in [0.717, 1.165) is 25.2 Å². The van der Waals surface area contributed by atoms with E-state index in [-0.39, 0.29) is 5.91 Å². The third-order valence-electron chi connectivity index (χ3n) is 2.18. The molecule has 0 bridgehead atoms. The highest BCUT2D eigenvalue weighted by Crippen LogP contribution is 2.12. The lowest BCUT2D eigenvalue weighted by Gasteiger charge is -2.19. The maximum absolute atomic E-state index is 11.2. The van der Waals surface area contributed by atoms with Crippen molar-refractivity contribution in [2.24, 2.45) is 16.6 Å². The minimum absolute atomic E-state index is 0.0185. The average Bonchev–Trinajstić information content (AvgIpc) is 2.09. The normalized spacial score (nSPS) is 22.3. The molecule has 1 heterocycles. The molecule has 0 aromatic heterocycles. The lowest BCUT2D eigenvalue weighted by Crippen LogP contribution is -2.37. The van der Waals surface area contributed by atoms with E-state index in [4.69, 9.17) is 5.73 Å². The molecule has 1 rings (SSSR count). The molecule has 0 aliphatic carbocycles. The van der Waals surface area contributed by atoms with Crippen LogP contribution in [0.25, 0.3) is 0 Å². The van der Waals surface area contributed by atoms with Gasteiger partial charge in [-0.05, 0) is 12.8 Å². The summed E-state index contributed by atoms with van der Waals surface area (Å²) in [5.41, 5.74) is 5.27. The summed E-state index contributed by atoms with van der Waals surface area (Å²) in [6.45, 7) is 3.32. The fourth-order valence-corrected chi connectivity index (χ4v) is 1.39. The highest BCUT2D eigenvalue weighted by molar-refractivity contribution is 5.99. The maximum Gasteiger partial charge on any atom is 0.226 e. The van der Waals surface area contributed by atoms with Crippen LogP contribution in [0, 0.1) is 5.92 Å². The molecule has 4 nitrogen and oxygen atoms in total. The monoisotopic (exact) mass is 183 g/mol. The Balaban J connectivity index is 2.42. The van der Waals surface area contributed by atoms with Gasteiger partial charge in [-0.3, -0.25) is 9.79 Å². The zero-order valence-electron chi connectivity index (χ0n) is 8.05. The summed E-state index contributed by atoms with van der Waals surface area (Å²) >= 11 is 0. The number of nitrogens with zero attached hydrogens (tertiary/aromatic N) is 1. The Morgan fingerprint density at radius 3 is 3.15 bits per heavy atom. The molecule has 0 radical (unpaired) electrons. The van der Waals surface area contributed by atoms with Gasteiger partial charge in [-0.15, -0.1) is 0 Å². The van der Waals surface area contributed by atoms with E-state index in [1.54, 1.807) is 0 Å². The molecule has 0 spiro atoms. The molecular formula is C9H17N3O. The van der Waals surface area contributed by atoms with Crippen molar-refractivity contribution >= 4 is 11.7 Å². The van der Waals surface area contributed by atoms with E-state index in [0.29, 0.717) is 18.9 Å². The zero-order valence-corrected chi connectivity index (χ0v) is 8.05. The van der Waals surface area contributed by atoms with Crippen molar-refractivity contribution in [3.63, 3.8) is 0 Å². The summed E-state index contributed by atoms with van der Waals surface area (Å²) in [7, 11) is 0. The van der Waals surface area contributed by atoms with Gasteiger partial charge < -0.3 is 11.1 Å². The average molecular weight is 183 g/mol. The number of rotatable bonds is 2. The van der Waals surface area contributed by atoms with Gasteiger partial charge in [0.15, 0.2) is 0 Å². The smallest absolute Gasteiger partial charge is 0.226 e. The van der Waals surface area contributed by atoms with Crippen molar-refractivity contribution in [3.05, 3.63) is 0 Å². The number of aliphatic imine (C=N–C) groups is 1. The molecule has 1 aliphatic heterocycles. The first-order valence-corrected chi connectivity index (χ1v) is 4.78. The van der Waals surface area contributed by atoms with Gasteiger partial charge in [-0.1, -0.05) is 6.92 Å². The molecule has 13 heavy (non-hydrogen) atoms. The highest BCUT2D eigenvalue weighted by atomic mass is 16.1. The Labute approximate surface area is 78.6 Å². The molecule has 1 amide bonds. The topological polar surface area (TPSA) is 67.5 Å². The van der Waals surface area contributed by atoms with Crippen molar-refractivity contribution in [1.29, 1.82) is 0 Å². The number of nitrogens with one attached hydrogen (secondary N) is 1. The van der Waals surface area contributed by atoms with E-state index in [9.17, 15) is 4.79 Å². The second-order valence-corrected chi connectivity index (χ2v) is 3.40. The zero-order chi connectivity index (χ0) is 9.68. The Morgan fingerprint density at radius 1 is 1.77 bits per heavy atom. The van der Waals surface area contributed by atoms with E-state index in [1.165, 1.54) is 0 Å². The molecule has 1 aliphatic rings. The third kappa shape index (κ3) is 3.14. The van der Waals surface area contributed by atoms with E-state index < -0.39 is 0 Å². The molecule has 0 aromatic carbocycles. The molecule has 0 fully saturated rings. The minimum Gasteiger partial charge on any atom is -0.330 e. The summed E-state index contributed by atoms with van der Waals surface area (Å²) in [6.07, 6.45) is 2.62. The first-order valence-electron chi connectivity index (χ1n) is 4.78. The number of nitrogens with two attached hydrogens (primary N) is 1. The van der Waals surface area contributed by atoms with Gasteiger partial charge in [-0.25, -0.2) is 0 Å². The van der Waals surface area contributed by atoms with Crippen molar-refractivity contribution in [1.82, 2.24) is 5.32 Å².